The van der Waals surface area contributed by atoms with Crippen molar-refractivity contribution in [1.82, 2.24) is 29.5 Å². The Hall–Kier alpha value is -3.00. The highest BCUT2D eigenvalue weighted by atomic mass is 35.5. The first-order valence-electron chi connectivity index (χ1n) is 8.11. The summed E-state index contributed by atoms with van der Waals surface area (Å²) in [6, 6.07) is 4.47. The van der Waals surface area contributed by atoms with E-state index >= 15 is 0 Å². The Morgan fingerprint density at radius 2 is 2.08 bits per heavy atom. The fraction of sp³-hybridized carbons (Fsp3) is 0.176. The molecule has 0 aliphatic carbocycles. The molecular formula is C17H13ClFN7. The Labute approximate surface area is 152 Å². The molecule has 5 rings (SSSR count). The van der Waals surface area contributed by atoms with Gasteiger partial charge in [-0.2, -0.15) is 5.10 Å². The van der Waals surface area contributed by atoms with Crippen LogP contribution in [0.25, 0.3) is 5.52 Å². The number of hydrogen-bond donors (Lipinski definition) is 1. The lowest BCUT2D eigenvalue weighted by Gasteiger charge is -2.33. The maximum Gasteiger partial charge on any atom is 0.226 e. The summed E-state index contributed by atoms with van der Waals surface area (Å²) in [5.41, 5.74) is 2.99. The molecule has 0 amide bonds. The Morgan fingerprint density at radius 1 is 1.23 bits per heavy atom. The molecule has 1 N–H and O–H groups in total. The second-order valence-corrected chi connectivity index (χ2v) is 6.51. The number of anilines is 1. The Kier molecular flexibility index (Phi) is 3.39. The number of aromatic amines is 1. The largest absolute Gasteiger partial charge is 0.348 e. The van der Waals surface area contributed by atoms with Gasteiger partial charge < -0.3 is 9.88 Å². The number of imidazole rings is 1. The number of nitrogens with one attached hydrogen (secondary N) is 1. The average Bonchev–Trinajstić information content (AvgIpc) is 3.29. The molecule has 4 aromatic rings. The van der Waals surface area contributed by atoms with E-state index in [9.17, 15) is 4.39 Å². The molecule has 130 valence electrons. The van der Waals surface area contributed by atoms with Gasteiger partial charge in [0.1, 0.15) is 17.4 Å². The van der Waals surface area contributed by atoms with Gasteiger partial charge in [-0.25, -0.2) is 23.9 Å². The minimum atomic E-state index is -0.321. The standard InChI is InChI=1S/C17H13ClFN7/c18-10-7-20-17(21-8-10)25-5-3-12-15(23-9-22-12)16(25)13-6-14-11(19)2-1-4-26(14)24-13/h1-2,4,6-9,16H,3,5H2,(H,22,23)/t16-/m1/s1. The Morgan fingerprint density at radius 3 is 2.88 bits per heavy atom. The van der Waals surface area contributed by atoms with Crippen LogP contribution in [0.2, 0.25) is 5.02 Å². The van der Waals surface area contributed by atoms with Gasteiger partial charge in [0.2, 0.25) is 5.95 Å². The maximum atomic E-state index is 14.1. The highest BCUT2D eigenvalue weighted by molar-refractivity contribution is 6.30. The molecule has 1 aliphatic heterocycles. The van der Waals surface area contributed by atoms with Crippen molar-refractivity contribution in [1.29, 1.82) is 0 Å². The molecule has 0 radical (unpaired) electrons. The normalized spacial score (nSPS) is 16.8. The van der Waals surface area contributed by atoms with Crippen molar-refractivity contribution >= 4 is 23.1 Å². The zero-order chi connectivity index (χ0) is 17.7. The molecule has 0 saturated heterocycles. The molecule has 0 aromatic carbocycles. The van der Waals surface area contributed by atoms with Gasteiger partial charge in [-0.1, -0.05) is 11.6 Å². The lowest BCUT2D eigenvalue weighted by atomic mass is 10.0. The van der Waals surface area contributed by atoms with Gasteiger partial charge >= 0.3 is 0 Å². The van der Waals surface area contributed by atoms with Gasteiger partial charge in [0.05, 0.1) is 35.1 Å². The van der Waals surface area contributed by atoms with Crippen LogP contribution in [0.15, 0.2) is 43.1 Å². The summed E-state index contributed by atoms with van der Waals surface area (Å²) in [6.07, 6.45) is 7.29. The summed E-state index contributed by atoms with van der Waals surface area (Å²) in [6.45, 7) is 0.678. The predicted octanol–water partition coefficient (Wildman–Crippen LogP) is 2.79. The van der Waals surface area contributed by atoms with Gasteiger partial charge in [0.25, 0.3) is 0 Å². The number of pyridine rings is 1. The zero-order valence-corrected chi connectivity index (χ0v) is 14.2. The SMILES string of the molecule is Fc1cccn2nc([C@@H]3c4nc[nH]c4CCN3c3ncc(Cl)cn3)cc12. The van der Waals surface area contributed by atoms with Crippen LogP contribution >= 0.6 is 11.6 Å². The minimum Gasteiger partial charge on any atom is -0.348 e. The molecule has 5 heterocycles. The number of H-pyrrole nitrogens is 1. The Balaban J connectivity index is 1.68. The fourth-order valence-corrected chi connectivity index (χ4v) is 3.48. The summed E-state index contributed by atoms with van der Waals surface area (Å²) >= 11 is 5.92. The van der Waals surface area contributed by atoms with Crippen LogP contribution in [0.3, 0.4) is 0 Å². The first kappa shape index (κ1) is 15.3. The lowest BCUT2D eigenvalue weighted by molar-refractivity contribution is 0.601. The molecular weight excluding hydrogens is 357 g/mol. The van der Waals surface area contributed by atoms with E-state index in [1.54, 1.807) is 37.1 Å². The fourth-order valence-electron chi connectivity index (χ4n) is 3.38. The smallest absolute Gasteiger partial charge is 0.226 e. The van der Waals surface area contributed by atoms with Crippen LogP contribution in [-0.4, -0.2) is 36.1 Å². The van der Waals surface area contributed by atoms with E-state index in [0.717, 1.165) is 17.8 Å². The van der Waals surface area contributed by atoms with Gasteiger partial charge in [-0.15, -0.1) is 0 Å². The molecule has 0 bridgehead atoms. The molecule has 0 unspecified atom stereocenters. The Bertz CT molecular complexity index is 1090. The quantitative estimate of drug-likeness (QED) is 0.588. The molecule has 0 spiro atoms. The third kappa shape index (κ3) is 2.33. The van der Waals surface area contributed by atoms with E-state index in [-0.39, 0.29) is 11.9 Å². The maximum absolute atomic E-state index is 14.1. The van der Waals surface area contributed by atoms with Crippen molar-refractivity contribution in [3.05, 3.63) is 71.0 Å². The van der Waals surface area contributed by atoms with E-state index < -0.39 is 0 Å². The molecule has 1 aliphatic rings. The molecule has 9 heteroatoms. The van der Waals surface area contributed by atoms with Crippen molar-refractivity contribution in [2.24, 2.45) is 0 Å². The second-order valence-electron chi connectivity index (χ2n) is 6.07. The van der Waals surface area contributed by atoms with Gasteiger partial charge in [-0.3, -0.25) is 0 Å². The number of aromatic nitrogens is 6. The molecule has 0 fully saturated rings. The number of hydrogen-bond acceptors (Lipinski definition) is 5. The van der Waals surface area contributed by atoms with Crippen molar-refractivity contribution in [2.75, 3.05) is 11.4 Å². The van der Waals surface area contributed by atoms with Crippen LogP contribution in [0.5, 0.6) is 0 Å². The molecule has 1 atom stereocenters. The van der Waals surface area contributed by atoms with Crippen molar-refractivity contribution in [2.45, 2.75) is 12.5 Å². The number of rotatable bonds is 2. The molecule has 7 nitrogen and oxygen atoms in total. The van der Waals surface area contributed by atoms with Crippen LogP contribution in [0, 0.1) is 5.82 Å². The number of halogens is 2. The van der Waals surface area contributed by atoms with E-state index in [1.165, 1.54) is 10.6 Å². The van der Waals surface area contributed by atoms with Gasteiger partial charge in [0, 0.05) is 24.9 Å². The zero-order valence-electron chi connectivity index (χ0n) is 13.5. The van der Waals surface area contributed by atoms with Crippen molar-refractivity contribution in [3.63, 3.8) is 0 Å². The average molecular weight is 370 g/mol. The molecule has 26 heavy (non-hydrogen) atoms. The summed E-state index contributed by atoms with van der Waals surface area (Å²) in [4.78, 5) is 18.4. The number of nitrogens with zero attached hydrogens (tertiary/aromatic N) is 6. The van der Waals surface area contributed by atoms with E-state index in [0.29, 0.717) is 28.7 Å². The van der Waals surface area contributed by atoms with Crippen LogP contribution in [0.4, 0.5) is 10.3 Å². The minimum absolute atomic E-state index is 0.314. The first-order chi connectivity index (χ1) is 12.7. The third-order valence-corrected chi connectivity index (χ3v) is 4.73. The summed E-state index contributed by atoms with van der Waals surface area (Å²) < 4.78 is 15.7. The van der Waals surface area contributed by atoms with Crippen LogP contribution in [0.1, 0.15) is 23.1 Å². The summed E-state index contributed by atoms with van der Waals surface area (Å²) in [7, 11) is 0. The topological polar surface area (TPSA) is 75.0 Å². The highest BCUT2D eigenvalue weighted by Crippen LogP contribution is 2.35. The summed E-state index contributed by atoms with van der Waals surface area (Å²) in [5, 5.41) is 5.04. The van der Waals surface area contributed by atoms with Gasteiger partial charge in [-0.05, 0) is 18.2 Å². The molecule has 4 aromatic heterocycles. The van der Waals surface area contributed by atoms with Crippen LogP contribution in [-0.2, 0) is 6.42 Å². The molecule has 0 saturated carbocycles. The van der Waals surface area contributed by atoms with Crippen molar-refractivity contribution in [3.8, 4) is 0 Å². The van der Waals surface area contributed by atoms with Crippen molar-refractivity contribution < 1.29 is 4.39 Å². The van der Waals surface area contributed by atoms with E-state index in [1.807, 2.05) is 4.90 Å². The number of fused-ring (bicyclic) bond motifs is 2. The highest BCUT2D eigenvalue weighted by Gasteiger charge is 2.34. The lowest BCUT2D eigenvalue weighted by Crippen LogP contribution is -2.37. The van der Waals surface area contributed by atoms with Gasteiger partial charge in [0.15, 0.2) is 0 Å². The van der Waals surface area contributed by atoms with E-state index in [2.05, 4.69) is 25.0 Å². The van der Waals surface area contributed by atoms with E-state index in [4.69, 9.17) is 11.6 Å². The monoisotopic (exact) mass is 369 g/mol. The first-order valence-corrected chi connectivity index (χ1v) is 8.48. The predicted molar refractivity (Wildman–Crippen MR) is 93.7 cm³/mol. The van der Waals surface area contributed by atoms with Crippen LogP contribution < -0.4 is 4.90 Å². The summed E-state index contributed by atoms with van der Waals surface area (Å²) in [5.74, 6) is 0.212. The third-order valence-electron chi connectivity index (χ3n) is 4.54. The second kappa shape index (κ2) is 5.77.